The first-order valence-corrected chi connectivity index (χ1v) is 7.84. The zero-order valence-electron chi connectivity index (χ0n) is 13.9. The number of likely N-dealkylation sites (N-methyl/N-ethyl adjacent to an activating group) is 1. The Kier molecular flexibility index (Phi) is 8.53. The molecule has 24 heavy (non-hydrogen) atoms. The normalized spacial score (nSPS) is 11.6. The average molecular weight is 335 g/mol. The number of hydrogen-bond donors (Lipinski definition) is 4. The van der Waals surface area contributed by atoms with Crippen molar-refractivity contribution in [3.63, 3.8) is 0 Å². The molecule has 1 rings (SSSR count). The molecule has 0 aliphatic heterocycles. The molecular weight excluding hydrogens is 310 g/mol. The van der Waals surface area contributed by atoms with Crippen molar-refractivity contribution in [2.24, 2.45) is 0 Å². The lowest BCUT2D eigenvalue weighted by Crippen LogP contribution is -2.39. The van der Waals surface area contributed by atoms with Crippen LogP contribution in [0.5, 0.6) is 0 Å². The summed E-state index contributed by atoms with van der Waals surface area (Å²) in [6.45, 7) is 7.19. The SMILES string of the molecule is C=CCNC(CC(=O)Nc1ccc(N(CC)CCO)cc1)C(=O)O. The van der Waals surface area contributed by atoms with E-state index in [2.05, 4.69) is 17.2 Å². The van der Waals surface area contributed by atoms with E-state index >= 15 is 0 Å². The average Bonchev–Trinajstić information content (AvgIpc) is 2.57. The topological polar surface area (TPSA) is 102 Å². The van der Waals surface area contributed by atoms with Crippen molar-refractivity contribution in [3.8, 4) is 0 Å². The molecule has 0 radical (unpaired) electrons. The minimum atomic E-state index is -1.08. The molecule has 0 bridgehead atoms. The van der Waals surface area contributed by atoms with Crippen LogP contribution in [0.3, 0.4) is 0 Å². The lowest BCUT2D eigenvalue weighted by Gasteiger charge is -2.22. The predicted octanol–water partition coefficient (Wildman–Crippen LogP) is 1.06. The number of aliphatic hydroxyl groups is 1. The first kappa shape index (κ1) is 19.7. The number of aliphatic hydroxyl groups excluding tert-OH is 1. The highest BCUT2D eigenvalue weighted by Crippen LogP contribution is 2.18. The van der Waals surface area contributed by atoms with Gasteiger partial charge in [-0.1, -0.05) is 6.08 Å². The van der Waals surface area contributed by atoms with Crippen LogP contribution in [0.25, 0.3) is 0 Å². The van der Waals surface area contributed by atoms with Crippen LogP contribution in [0.4, 0.5) is 11.4 Å². The Labute approximate surface area is 142 Å². The summed E-state index contributed by atoms with van der Waals surface area (Å²) < 4.78 is 0. The van der Waals surface area contributed by atoms with Crippen molar-refractivity contribution in [1.82, 2.24) is 5.32 Å². The summed E-state index contributed by atoms with van der Waals surface area (Å²) in [5.41, 5.74) is 1.54. The van der Waals surface area contributed by atoms with Gasteiger partial charge in [0.2, 0.25) is 5.91 Å². The van der Waals surface area contributed by atoms with Crippen LogP contribution >= 0.6 is 0 Å². The van der Waals surface area contributed by atoms with E-state index in [1.807, 2.05) is 24.0 Å². The fraction of sp³-hybridized carbons (Fsp3) is 0.412. The molecule has 0 aliphatic carbocycles. The highest BCUT2D eigenvalue weighted by Gasteiger charge is 2.20. The van der Waals surface area contributed by atoms with Crippen LogP contribution in [0, 0.1) is 0 Å². The summed E-state index contributed by atoms with van der Waals surface area (Å²) in [7, 11) is 0. The number of carbonyl (C=O) groups is 2. The summed E-state index contributed by atoms with van der Waals surface area (Å²) in [5, 5.41) is 23.5. The molecule has 132 valence electrons. The Balaban J connectivity index is 2.63. The van der Waals surface area contributed by atoms with Gasteiger partial charge in [-0.2, -0.15) is 0 Å². The molecule has 0 saturated heterocycles. The van der Waals surface area contributed by atoms with Gasteiger partial charge >= 0.3 is 5.97 Å². The molecule has 1 unspecified atom stereocenters. The fourth-order valence-corrected chi connectivity index (χ4v) is 2.22. The van der Waals surface area contributed by atoms with Crippen molar-refractivity contribution < 1.29 is 19.8 Å². The third kappa shape index (κ3) is 6.39. The van der Waals surface area contributed by atoms with Gasteiger partial charge in [-0.15, -0.1) is 6.58 Å². The number of nitrogens with zero attached hydrogens (tertiary/aromatic N) is 1. The number of aliphatic carboxylic acids is 1. The van der Waals surface area contributed by atoms with Crippen molar-refractivity contribution in [3.05, 3.63) is 36.9 Å². The summed E-state index contributed by atoms with van der Waals surface area (Å²) >= 11 is 0. The molecule has 1 aromatic carbocycles. The minimum absolute atomic E-state index is 0.0701. The van der Waals surface area contributed by atoms with Crippen LogP contribution in [-0.2, 0) is 9.59 Å². The zero-order chi connectivity index (χ0) is 17.9. The van der Waals surface area contributed by atoms with Crippen LogP contribution < -0.4 is 15.5 Å². The van der Waals surface area contributed by atoms with E-state index in [1.54, 1.807) is 18.2 Å². The minimum Gasteiger partial charge on any atom is -0.480 e. The molecule has 0 spiro atoms. The number of carboxylic acids is 1. The maximum Gasteiger partial charge on any atom is 0.321 e. The summed E-state index contributed by atoms with van der Waals surface area (Å²) in [6.07, 6.45) is 1.37. The predicted molar refractivity (Wildman–Crippen MR) is 94.3 cm³/mol. The van der Waals surface area contributed by atoms with Gasteiger partial charge in [-0.3, -0.25) is 9.59 Å². The Bertz CT molecular complexity index is 545. The monoisotopic (exact) mass is 335 g/mol. The third-order valence-corrected chi connectivity index (χ3v) is 3.46. The third-order valence-electron chi connectivity index (χ3n) is 3.46. The highest BCUT2D eigenvalue weighted by molar-refractivity contribution is 5.94. The molecule has 4 N–H and O–H groups in total. The summed E-state index contributed by atoms with van der Waals surface area (Å²) in [5.74, 6) is -1.46. The maximum absolute atomic E-state index is 12.0. The van der Waals surface area contributed by atoms with Gasteiger partial charge in [0, 0.05) is 31.0 Å². The molecule has 7 nitrogen and oxygen atoms in total. The van der Waals surface area contributed by atoms with E-state index in [4.69, 9.17) is 10.2 Å². The molecule has 0 aliphatic rings. The number of hydrogen-bond acceptors (Lipinski definition) is 5. The number of rotatable bonds is 11. The Morgan fingerprint density at radius 2 is 2.00 bits per heavy atom. The van der Waals surface area contributed by atoms with Gasteiger partial charge in [-0.25, -0.2) is 0 Å². The van der Waals surface area contributed by atoms with Gasteiger partial charge in [0.25, 0.3) is 0 Å². The van der Waals surface area contributed by atoms with Crippen molar-refractivity contribution in [2.75, 3.05) is 36.5 Å². The van der Waals surface area contributed by atoms with Gasteiger partial charge < -0.3 is 25.7 Å². The van der Waals surface area contributed by atoms with Crippen LogP contribution in [0.1, 0.15) is 13.3 Å². The fourth-order valence-electron chi connectivity index (χ4n) is 2.22. The first-order valence-electron chi connectivity index (χ1n) is 7.84. The first-order chi connectivity index (χ1) is 11.5. The quantitative estimate of drug-likeness (QED) is 0.451. The second kappa shape index (κ2) is 10.4. The number of amides is 1. The smallest absolute Gasteiger partial charge is 0.321 e. The van der Waals surface area contributed by atoms with E-state index < -0.39 is 12.0 Å². The molecular formula is C17H25N3O4. The molecule has 7 heteroatoms. The van der Waals surface area contributed by atoms with Crippen molar-refractivity contribution in [2.45, 2.75) is 19.4 Å². The van der Waals surface area contributed by atoms with E-state index in [0.29, 0.717) is 18.8 Å². The van der Waals surface area contributed by atoms with Crippen LogP contribution in [0.2, 0.25) is 0 Å². The molecule has 1 amide bonds. The van der Waals surface area contributed by atoms with Crippen molar-refractivity contribution in [1.29, 1.82) is 0 Å². The zero-order valence-corrected chi connectivity index (χ0v) is 13.9. The molecule has 1 atom stereocenters. The van der Waals surface area contributed by atoms with Gasteiger partial charge in [0.05, 0.1) is 13.0 Å². The number of benzene rings is 1. The highest BCUT2D eigenvalue weighted by atomic mass is 16.4. The molecule has 0 fully saturated rings. The summed E-state index contributed by atoms with van der Waals surface area (Å²) in [6, 6.07) is 6.24. The second-order valence-electron chi connectivity index (χ2n) is 5.19. The van der Waals surface area contributed by atoms with Gasteiger partial charge in [-0.05, 0) is 31.2 Å². The van der Waals surface area contributed by atoms with Gasteiger partial charge in [0.1, 0.15) is 6.04 Å². The Morgan fingerprint density at radius 3 is 2.50 bits per heavy atom. The molecule has 1 aromatic rings. The van der Waals surface area contributed by atoms with Crippen molar-refractivity contribution >= 4 is 23.3 Å². The lowest BCUT2D eigenvalue weighted by molar-refractivity contribution is -0.140. The largest absolute Gasteiger partial charge is 0.480 e. The lowest BCUT2D eigenvalue weighted by atomic mass is 10.2. The number of anilines is 2. The van der Waals surface area contributed by atoms with E-state index in [9.17, 15) is 9.59 Å². The number of nitrogens with one attached hydrogen (secondary N) is 2. The molecule has 0 aromatic heterocycles. The van der Waals surface area contributed by atoms with E-state index in [-0.39, 0.29) is 18.9 Å². The van der Waals surface area contributed by atoms with Crippen LogP contribution in [0.15, 0.2) is 36.9 Å². The standard InChI is InChI=1S/C17H25N3O4/c1-3-9-18-15(17(23)24)12-16(22)19-13-5-7-14(8-6-13)20(4-2)10-11-21/h3,5-8,15,18,21H,1,4,9-12H2,2H3,(H,19,22)(H,23,24). The Morgan fingerprint density at radius 1 is 1.33 bits per heavy atom. The molecule has 0 saturated carbocycles. The van der Waals surface area contributed by atoms with Gasteiger partial charge in [0.15, 0.2) is 0 Å². The Hall–Kier alpha value is -2.38. The maximum atomic E-state index is 12.0. The molecule has 0 heterocycles. The van der Waals surface area contributed by atoms with Crippen LogP contribution in [-0.4, -0.2) is 54.4 Å². The van der Waals surface area contributed by atoms with E-state index in [0.717, 1.165) is 12.2 Å². The number of carboxylic acid groups (broad SMARTS) is 1. The second-order valence-corrected chi connectivity index (χ2v) is 5.19. The van der Waals surface area contributed by atoms with E-state index in [1.165, 1.54) is 0 Å². The summed E-state index contributed by atoms with van der Waals surface area (Å²) in [4.78, 5) is 25.1. The number of carbonyl (C=O) groups excluding carboxylic acids is 1.